The summed E-state index contributed by atoms with van der Waals surface area (Å²) in [5.41, 5.74) is 0.909. The van der Waals surface area contributed by atoms with E-state index in [-0.39, 0.29) is 12.5 Å². The lowest BCUT2D eigenvalue weighted by atomic mass is 10.5. The zero-order chi connectivity index (χ0) is 9.68. The average Bonchev–Trinajstić information content (AvgIpc) is 2.53. The summed E-state index contributed by atoms with van der Waals surface area (Å²) in [5.74, 6) is -0.270. The fourth-order valence-electron chi connectivity index (χ4n) is 0.979. The Labute approximate surface area is 76.7 Å². The Balaban J connectivity index is 2.53. The highest BCUT2D eigenvalue weighted by Gasteiger charge is 2.02. The van der Waals surface area contributed by atoms with Crippen LogP contribution in [0.3, 0.4) is 0 Å². The maximum Gasteiger partial charge on any atom is 0.325 e. The van der Waals surface area contributed by atoms with E-state index in [1.165, 1.54) is 7.11 Å². The number of rotatable bonds is 4. The fourth-order valence-corrected chi connectivity index (χ4v) is 0.979. The molecule has 0 aliphatic heterocycles. The minimum atomic E-state index is -0.270. The molecule has 0 saturated heterocycles. The third kappa shape index (κ3) is 2.87. The van der Waals surface area contributed by atoms with Crippen LogP contribution in [0.4, 0.5) is 0 Å². The SMILES string of the molecule is CNCc1cn(CC(=O)OC)cn1. The van der Waals surface area contributed by atoms with E-state index in [4.69, 9.17) is 0 Å². The van der Waals surface area contributed by atoms with Crippen LogP contribution < -0.4 is 5.32 Å². The number of carbonyl (C=O) groups excluding carboxylic acids is 1. The van der Waals surface area contributed by atoms with Crippen LogP contribution in [-0.4, -0.2) is 29.7 Å². The van der Waals surface area contributed by atoms with Crippen LogP contribution in [0.25, 0.3) is 0 Å². The summed E-state index contributed by atoms with van der Waals surface area (Å²) in [4.78, 5) is 14.9. The fraction of sp³-hybridized carbons (Fsp3) is 0.500. The monoisotopic (exact) mass is 183 g/mol. The van der Waals surface area contributed by atoms with Crippen molar-refractivity contribution in [2.45, 2.75) is 13.1 Å². The van der Waals surface area contributed by atoms with E-state index in [1.807, 2.05) is 13.2 Å². The molecule has 1 N–H and O–H groups in total. The van der Waals surface area contributed by atoms with Gasteiger partial charge in [0.2, 0.25) is 0 Å². The zero-order valence-electron chi connectivity index (χ0n) is 7.78. The van der Waals surface area contributed by atoms with Crippen molar-refractivity contribution < 1.29 is 9.53 Å². The van der Waals surface area contributed by atoms with Gasteiger partial charge < -0.3 is 14.6 Å². The molecule has 0 saturated carbocycles. The molecule has 13 heavy (non-hydrogen) atoms. The molecule has 0 aliphatic carbocycles. The number of nitrogens with zero attached hydrogens (tertiary/aromatic N) is 2. The van der Waals surface area contributed by atoms with E-state index >= 15 is 0 Å². The normalized spacial score (nSPS) is 10.0. The Hall–Kier alpha value is -1.36. The molecule has 0 radical (unpaired) electrons. The van der Waals surface area contributed by atoms with Crippen LogP contribution in [-0.2, 0) is 22.6 Å². The highest BCUT2D eigenvalue weighted by Crippen LogP contribution is 1.95. The molecule has 1 rings (SSSR count). The number of ether oxygens (including phenoxy) is 1. The Morgan fingerprint density at radius 1 is 1.77 bits per heavy atom. The van der Waals surface area contributed by atoms with Gasteiger partial charge >= 0.3 is 5.97 Å². The first-order chi connectivity index (χ1) is 6.26. The van der Waals surface area contributed by atoms with Gasteiger partial charge in [-0.15, -0.1) is 0 Å². The van der Waals surface area contributed by atoms with Gasteiger partial charge in [-0.1, -0.05) is 0 Å². The molecule has 0 spiro atoms. The van der Waals surface area contributed by atoms with Gasteiger partial charge in [0.25, 0.3) is 0 Å². The predicted octanol–water partition coefficient (Wildman–Crippen LogP) is -0.225. The minimum Gasteiger partial charge on any atom is -0.468 e. The van der Waals surface area contributed by atoms with Crippen molar-refractivity contribution in [2.75, 3.05) is 14.2 Å². The molecule has 0 atom stereocenters. The van der Waals surface area contributed by atoms with Gasteiger partial charge in [-0.2, -0.15) is 0 Å². The molecule has 0 amide bonds. The molecule has 0 aromatic carbocycles. The van der Waals surface area contributed by atoms with Crippen molar-refractivity contribution in [3.8, 4) is 0 Å². The second kappa shape index (κ2) is 4.61. The van der Waals surface area contributed by atoms with E-state index in [0.717, 1.165) is 5.69 Å². The topological polar surface area (TPSA) is 56.2 Å². The van der Waals surface area contributed by atoms with Crippen LogP contribution in [0.15, 0.2) is 12.5 Å². The average molecular weight is 183 g/mol. The quantitative estimate of drug-likeness (QED) is 0.655. The molecule has 72 valence electrons. The van der Waals surface area contributed by atoms with Crippen molar-refractivity contribution in [3.63, 3.8) is 0 Å². The summed E-state index contributed by atoms with van der Waals surface area (Å²) in [6, 6.07) is 0. The number of aromatic nitrogens is 2. The first-order valence-electron chi connectivity index (χ1n) is 3.98. The van der Waals surface area contributed by atoms with Gasteiger partial charge in [-0.25, -0.2) is 4.98 Å². The molecule has 1 heterocycles. The number of methoxy groups -OCH3 is 1. The van der Waals surface area contributed by atoms with E-state index in [0.29, 0.717) is 6.54 Å². The number of imidazole rings is 1. The molecule has 1 aromatic heterocycles. The summed E-state index contributed by atoms with van der Waals surface area (Å²) in [6.45, 7) is 0.918. The Morgan fingerprint density at radius 2 is 2.54 bits per heavy atom. The van der Waals surface area contributed by atoms with E-state index in [1.54, 1.807) is 10.9 Å². The maximum absolute atomic E-state index is 10.9. The van der Waals surface area contributed by atoms with Crippen molar-refractivity contribution in [3.05, 3.63) is 18.2 Å². The molecular formula is C8H13N3O2. The summed E-state index contributed by atoms with van der Waals surface area (Å²) < 4.78 is 6.21. The Morgan fingerprint density at radius 3 is 3.15 bits per heavy atom. The van der Waals surface area contributed by atoms with Gasteiger partial charge in [-0.3, -0.25) is 4.79 Å². The van der Waals surface area contributed by atoms with Gasteiger partial charge in [0, 0.05) is 12.7 Å². The molecule has 5 nitrogen and oxygen atoms in total. The first-order valence-corrected chi connectivity index (χ1v) is 3.98. The highest BCUT2D eigenvalue weighted by molar-refractivity contribution is 5.68. The summed E-state index contributed by atoms with van der Waals surface area (Å²) in [7, 11) is 3.22. The number of nitrogens with one attached hydrogen (secondary N) is 1. The van der Waals surface area contributed by atoms with Gasteiger partial charge in [0.1, 0.15) is 6.54 Å². The smallest absolute Gasteiger partial charge is 0.325 e. The number of esters is 1. The first kappa shape index (κ1) is 9.73. The second-order valence-corrected chi connectivity index (χ2v) is 2.64. The summed E-state index contributed by atoms with van der Waals surface area (Å²) in [5, 5.41) is 2.97. The Bertz CT molecular complexity index is 283. The second-order valence-electron chi connectivity index (χ2n) is 2.64. The largest absolute Gasteiger partial charge is 0.468 e. The van der Waals surface area contributed by atoms with E-state index in [2.05, 4.69) is 15.0 Å². The molecule has 1 aromatic rings. The third-order valence-electron chi connectivity index (χ3n) is 1.58. The lowest BCUT2D eigenvalue weighted by Gasteiger charge is -1.98. The van der Waals surface area contributed by atoms with Gasteiger partial charge in [-0.05, 0) is 7.05 Å². The predicted molar refractivity (Wildman–Crippen MR) is 47.0 cm³/mol. The third-order valence-corrected chi connectivity index (χ3v) is 1.58. The van der Waals surface area contributed by atoms with Gasteiger partial charge in [0.15, 0.2) is 0 Å². The molecule has 0 fully saturated rings. The van der Waals surface area contributed by atoms with Crippen molar-refractivity contribution >= 4 is 5.97 Å². The summed E-state index contributed by atoms with van der Waals surface area (Å²) in [6.07, 6.45) is 3.43. The van der Waals surface area contributed by atoms with Crippen LogP contribution in [0.2, 0.25) is 0 Å². The number of carbonyl (C=O) groups is 1. The van der Waals surface area contributed by atoms with Crippen molar-refractivity contribution in [1.29, 1.82) is 0 Å². The molecule has 0 bridgehead atoms. The molecule has 0 aliphatic rings. The molecular weight excluding hydrogens is 170 g/mol. The molecule has 5 heteroatoms. The van der Waals surface area contributed by atoms with E-state index < -0.39 is 0 Å². The lowest BCUT2D eigenvalue weighted by molar-refractivity contribution is -0.141. The standard InChI is InChI=1S/C8H13N3O2/c1-9-3-7-4-11(6-10-7)5-8(12)13-2/h4,6,9H,3,5H2,1-2H3. The van der Waals surface area contributed by atoms with Crippen molar-refractivity contribution in [1.82, 2.24) is 14.9 Å². The number of hydrogen-bond donors (Lipinski definition) is 1. The van der Waals surface area contributed by atoms with Crippen LogP contribution in [0, 0.1) is 0 Å². The highest BCUT2D eigenvalue weighted by atomic mass is 16.5. The summed E-state index contributed by atoms with van der Waals surface area (Å²) >= 11 is 0. The minimum absolute atomic E-state index is 0.215. The molecule has 0 unspecified atom stereocenters. The zero-order valence-corrected chi connectivity index (χ0v) is 7.78. The Kier molecular flexibility index (Phi) is 3.45. The lowest BCUT2D eigenvalue weighted by Crippen LogP contribution is -2.10. The van der Waals surface area contributed by atoms with Crippen LogP contribution in [0.1, 0.15) is 5.69 Å². The van der Waals surface area contributed by atoms with Crippen molar-refractivity contribution in [2.24, 2.45) is 0 Å². The maximum atomic E-state index is 10.9. The van der Waals surface area contributed by atoms with Gasteiger partial charge in [0.05, 0.1) is 19.1 Å². The van der Waals surface area contributed by atoms with E-state index in [9.17, 15) is 4.79 Å². The van der Waals surface area contributed by atoms with Crippen LogP contribution in [0.5, 0.6) is 0 Å². The van der Waals surface area contributed by atoms with Crippen LogP contribution >= 0.6 is 0 Å². The number of hydrogen-bond acceptors (Lipinski definition) is 4.